The molecule has 2 aromatic heterocycles. The van der Waals surface area contributed by atoms with Gasteiger partial charge in [0, 0.05) is 30.3 Å². The molecule has 2 aliphatic rings. The van der Waals surface area contributed by atoms with Crippen LogP contribution >= 0.6 is 11.8 Å². The van der Waals surface area contributed by atoms with E-state index in [1.165, 1.54) is 0 Å². The molecule has 13 heteroatoms. The summed E-state index contributed by atoms with van der Waals surface area (Å²) >= 11 is 1.82. The highest BCUT2D eigenvalue weighted by atomic mass is 32.2. The van der Waals surface area contributed by atoms with Crippen LogP contribution in [0, 0.1) is 11.6 Å². The number of pyridine rings is 1. The van der Waals surface area contributed by atoms with Gasteiger partial charge in [-0.05, 0) is 23.8 Å². The highest BCUT2D eigenvalue weighted by Crippen LogP contribution is 2.34. The predicted molar refractivity (Wildman–Crippen MR) is 117 cm³/mol. The Morgan fingerprint density at radius 3 is 2.63 bits per heavy atom. The summed E-state index contributed by atoms with van der Waals surface area (Å²) in [5.74, 6) is -1.07. The largest absolute Gasteiger partial charge is 0.473 e. The average Bonchev–Trinajstić information content (AvgIpc) is 3.19. The fraction of sp³-hybridized carbons (Fsp3) is 0.318. The smallest absolute Gasteiger partial charge is 0.418 e. The Labute approximate surface area is 199 Å². The molecule has 7 nitrogen and oxygen atoms in total. The molecule has 0 spiro atoms. The summed E-state index contributed by atoms with van der Waals surface area (Å²) in [7, 11) is 0. The Bertz CT molecular complexity index is 1310. The lowest BCUT2D eigenvalue weighted by molar-refractivity contribution is -0.137. The van der Waals surface area contributed by atoms with Gasteiger partial charge in [-0.2, -0.15) is 29.9 Å². The van der Waals surface area contributed by atoms with E-state index in [4.69, 9.17) is 9.47 Å². The first-order valence-corrected chi connectivity index (χ1v) is 11.6. The van der Waals surface area contributed by atoms with Crippen LogP contribution in [-0.4, -0.2) is 38.6 Å². The topological polar surface area (TPSA) is 69.5 Å². The maximum absolute atomic E-state index is 14.5. The van der Waals surface area contributed by atoms with Crippen LogP contribution in [0.2, 0.25) is 0 Å². The molecule has 1 atom stereocenters. The third kappa shape index (κ3) is 4.77. The highest BCUT2D eigenvalue weighted by molar-refractivity contribution is 7.99. The van der Waals surface area contributed by atoms with Crippen molar-refractivity contribution in [3.8, 4) is 17.4 Å². The molecule has 184 valence electrons. The maximum atomic E-state index is 14.5. The molecule has 0 radical (unpaired) electrons. The monoisotopic (exact) mass is 512 g/mol. The Morgan fingerprint density at radius 2 is 1.89 bits per heavy atom. The van der Waals surface area contributed by atoms with Crippen LogP contribution in [0.5, 0.6) is 17.4 Å². The number of nitrogens with zero attached hydrogens (tertiary/aromatic N) is 4. The van der Waals surface area contributed by atoms with E-state index in [9.17, 15) is 26.7 Å². The number of aromatic nitrogens is 3. The van der Waals surface area contributed by atoms with Gasteiger partial charge < -0.3 is 14.4 Å². The minimum Gasteiger partial charge on any atom is -0.473 e. The zero-order valence-electron chi connectivity index (χ0n) is 17.9. The van der Waals surface area contributed by atoms with Gasteiger partial charge in [-0.25, -0.2) is 13.6 Å². The van der Waals surface area contributed by atoms with Crippen LogP contribution in [0.25, 0.3) is 0 Å². The lowest BCUT2D eigenvalue weighted by Gasteiger charge is -2.30. The molecular weight excluding hydrogens is 495 g/mol. The SMILES string of the molecule is O=c1nc(OCc2cc(F)c(Oc3cncc(C(F)(F)F)c3)c(F)c2)cc2n1CC1CSCCN21. The van der Waals surface area contributed by atoms with E-state index in [1.807, 2.05) is 11.8 Å². The molecule has 1 saturated heterocycles. The lowest BCUT2D eigenvalue weighted by atomic mass is 10.2. The van der Waals surface area contributed by atoms with Gasteiger partial charge in [-0.3, -0.25) is 9.55 Å². The first-order valence-electron chi connectivity index (χ1n) is 10.5. The van der Waals surface area contributed by atoms with Crippen molar-refractivity contribution in [2.45, 2.75) is 25.4 Å². The van der Waals surface area contributed by atoms with E-state index in [-0.39, 0.29) is 24.1 Å². The summed E-state index contributed by atoms with van der Waals surface area (Å²) in [6.45, 7) is 1.04. The fourth-order valence-corrected chi connectivity index (χ4v) is 5.02. The number of alkyl halides is 3. The molecule has 0 bridgehead atoms. The Balaban J connectivity index is 1.31. The Kier molecular flexibility index (Phi) is 6.03. The van der Waals surface area contributed by atoms with E-state index in [0.717, 1.165) is 36.4 Å². The van der Waals surface area contributed by atoms with Crippen LogP contribution in [-0.2, 0) is 19.3 Å². The summed E-state index contributed by atoms with van der Waals surface area (Å²) in [4.78, 5) is 21.9. The lowest BCUT2D eigenvalue weighted by Crippen LogP contribution is -2.39. The molecular formula is C22H17F5N4O3S. The van der Waals surface area contributed by atoms with Crippen molar-refractivity contribution in [1.29, 1.82) is 0 Å². The van der Waals surface area contributed by atoms with E-state index in [0.29, 0.717) is 24.6 Å². The summed E-state index contributed by atoms with van der Waals surface area (Å²) in [6.07, 6.45) is -3.20. The van der Waals surface area contributed by atoms with Gasteiger partial charge in [-0.1, -0.05) is 0 Å². The summed E-state index contributed by atoms with van der Waals surface area (Å²) in [6, 6.07) is 4.28. The van der Waals surface area contributed by atoms with Gasteiger partial charge in [0.2, 0.25) is 5.88 Å². The molecule has 35 heavy (non-hydrogen) atoms. The Morgan fingerprint density at radius 1 is 1.11 bits per heavy atom. The second-order valence-corrected chi connectivity index (χ2v) is 9.10. The first-order chi connectivity index (χ1) is 16.7. The third-order valence-corrected chi connectivity index (χ3v) is 6.68. The standard InChI is InChI=1S/C22H17F5N4O3S/c23-16-3-12(4-17(24)20(16)34-15-5-13(7-28-8-15)22(25,26)27)10-33-18-6-19-30-1-2-35-11-14(30)9-31(19)21(32)29-18/h3-8,14H,1-2,9-11H2. The maximum Gasteiger partial charge on any atom is 0.418 e. The number of benzene rings is 1. The molecule has 4 heterocycles. The summed E-state index contributed by atoms with van der Waals surface area (Å²) < 4.78 is 79.7. The van der Waals surface area contributed by atoms with E-state index >= 15 is 0 Å². The van der Waals surface area contributed by atoms with Crippen molar-refractivity contribution in [3.05, 3.63) is 69.9 Å². The number of thioether (sulfide) groups is 1. The molecule has 1 fully saturated rings. The molecule has 3 aromatic rings. The van der Waals surface area contributed by atoms with Gasteiger partial charge in [0.05, 0.1) is 24.3 Å². The predicted octanol–water partition coefficient (Wildman–Crippen LogP) is 4.24. The quantitative estimate of drug-likeness (QED) is 0.474. The number of hydrogen-bond acceptors (Lipinski definition) is 7. The molecule has 0 amide bonds. The number of rotatable bonds is 5. The molecule has 1 unspecified atom stereocenters. The molecule has 0 aliphatic carbocycles. The zero-order valence-corrected chi connectivity index (χ0v) is 18.7. The van der Waals surface area contributed by atoms with Crippen LogP contribution < -0.4 is 20.1 Å². The van der Waals surface area contributed by atoms with Crippen molar-refractivity contribution >= 4 is 17.6 Å². The molecule has 0 saturated carbocycles. The highest BCUT2D eigenvalue weighted by Gasteiger charge is 2.33. The second kappa shape index (κ2) is 9.02. The third-order valence-electron chi connectivity index (χ3n) is 5.59. The number of halogens is 5. The van der Waals surface area contributed by atoms with Crippen molar-refractivity contribution < 1.29 is 31.4 Å². The minimum atomic E-state index is -4.69. The second-order valence-electron chi connectivity index (χ2n) is 7.95. The minimum absolute atomic E-state index is 0.0244. The van der Waals surface area contributed by atoms with Crippen molar-refractivity contribution in [2.75, 3.05) is 23.0 Å². The Hall–Kier alpha value is -3.35. The summed E-state index contributed by atoms with van der Waals surface area (Å²) in [5.41, 5.74) is -1.51. The average molecular weight is 512 g/mol. The molecule has 0 N–H and O–H groups in total. The molecule has 2 aliphatic heterocycles. The van der Waals surface area contributed by atoms with Crippen LogP contribution in [0.3, 0.4) is 0 Å². The van der Waals surface area contributed by atoms with E-state index in [2.05, 4.69) is 14.9 Å². The van der Waals surface area contributed by atoms with E-state index < -0.39 is 40.6 Å². The molecule has 1 aromatic carbocycles. The van der Waals surface area contributed by atoms with Crippen LogP contribution in [0.15, 0.2) is 41.5 Å². The van der Waals surface area contributed by atoms with Crippen molar-refractivity contribution in [3.63, 3.8) is 0 Å². The van der Waals surface area contributed by atoms with Crippen LogP contribution in [0.4, 0.5) is 27.8 Å². The first kappa shape index (κ1) is 23.4. The van der Waals surface area contributed by atoms with Gasteiger partial charge in [0.25, 0.3) is 0 Å². The molecule has 5 rings (SSSR count). The van der Waals surface area contributed by atoms with Gasteiger partial charge in [0.15, 0.2) is 17.4 Å². The van der Waals surface area contributed by atoms with Crippen LogP contribution in [0.1, 0.15) is 11.1 Å². The van der Waals surface area contributed by atoms with E-state index in [1.54, 1.807) is 10.6 Å². The van der Waals surface area contributed by atoms with Gasteiger partial charge in [0.1, 0.15) is 18.2 Å². The van der Waals surface area contributed by atoms with Gasteiger partial charge >= 0.3 is 11.9 Å². The summed E-state index contributed by atoms with van der Waals surface area (Å²) in [5, 5.41) is 0. The van der Waals surface area contributed by atoms with Gasteiger partial charge in [-0.15, -0.1) is 0 Å². The normalized spacial score (nSPS) is 17.2. The zero-order chi connectivity index (χ0) is 24.7. The number of anilines is 1. The number of fused-ring (bicyclic) bond motifs is 3. The number of hydrogen-bond donors (Lipinski definition) is 0. The fourth-order valence-electron chi connectivity index (χ4n) is 3.97. The number of ether oxygens (including phenoxy) is 2. The van der Waals surface area contributed by atoms with Crippen molar-refractivity contribution in [1.82, 2.24) is 14.5 Å². The van der Waals surface area contributed by atoms with Crippen molar-refractivity contribution in [2.24, 2.45) is 0 Å².